The van der Waals surface area contributed by atoms with Crippen molar-refractivity contribution in [2.75, 3.05) is 12.3 Å². The summed E-state index contributed by atoms with van der Waals surface area (Å²) >= 11 is 6.18. The fourth-order valence-corrected chi connectivity index (χ4v) is 3.27. The van der Waals surface area contributed by atoms with Gasteiger partial charge in [0, 0.05) is 23.3 Å². The van der Waals surface area contributed by atoms with Gasteiger partial charge >= 0.3 is 12.1 Å². The van der Waals surface area contributed by atoms with Gasteiger partial charge in [-0.1, -0.05) is 37.6 Å². The summed E-state index contributed by atoms with van der Waals surface area (Å²) in [6, 6.07) is 9.42. The van der Waals surface area contributed by atoms with Crippen LogP contribution >= 0.6 is 11.6 Å². The van der Waals surface area contributed by atoms with Crippen molar-refractivity contribution in [2.24, 2.45) is 11.1 Å². The quantitative estimate of drug-likeness (QED) is 0.360. The zero-order valence-corrected chi connectivity index (χ0v) is 19.3. The summed E-state index contributed by atoms with van der Waals surface area (Å²) in [5.74, 6) is -2.02. The van der Waals surface area contributed by atoms with Crippen molar-refractivity contribution in [1.29, 1.82) is 0 Å². The summed E-state index contributed by atoms with van der Waals surface area (Å²) < 4.78 is 38.6. The lowest BCUT2D eigenvalue weighted by atomic mass is 9.93. The summed E-state index contributed by atoms with van der Waals surface area (Å²) in [4.78, 5) is 18.3. The maximum Gasteiger partial charge on any atom is 0.490 e. The number of aromatic nitrogens is 5. The first-order valence-electron chi connectivity index (χ1n) is 10.0. The number of alkyl halides is 3. The molecule has 0 aliphatic rings. The smallest absolute Gasteiger partial charge is 0.475 e. The molecule has 0 radical (unpaired) electrons. The first-order chi connectivity index (χ1) is 16.3. The van der Waals surface area contributed by atoms with E-state index in [2.05, 4.69) is 29.1 Å². The molecule has 1 aromatic carbocycles. The molecule has 0 aliphatic heterocycles. The van der Waals surface area contributed by atoms with Crippen LogP contribution in [-0.4, -0.2) is 48.6 Å². The lowest BCUT2D eigenvalue weighted by Gasteiger charge is -2.24. The van der Waals surface area contributed by atoms with Gasteiger partial charge in [-0.2, -0.15) is 13.2 Å². The maximum atomic E-state index is 10.6. The number of carboxylic acid groups (broad SMARTS) is 1. The second kappa shape index (κ2) is 9.88. The van der Waals surface area contributed by atoms with E-state index >= 15 is 0 Å². The molecule has 5 N–H and O–H groups in total. The van der Waals surface area contributed by atoms with Gasteiger partial charge in [0.15, 0.2) is 17.3 Å². The van der Waals surface area contributed by atoms with Crippen molar-refractivity contribution >= 4 is 34.4 Å². The van der Waals surface area contributed by atoms with Crippen LogP contribution in [-0.2, 0) is 11.3 Å². The summed E-state index contributed by atoms with van der Waals surface area (Å²) in [6.45, 7) is 5.30. The van der Waals surface area contributed by atoms with Gasteiger partial charge < -0.3 is 21.1 Å². The normalized spacial score (nSPS) is 11.9. The van der Waals surface area contributed by atoms with E-state index in [1.165, 1.54) is 0 Å². The van der Waals surface area contributed by atoms with Gasteiger partial charge in [0.1, 0.15) is 5.52 Å². The molecule has 35 heavy (non-hydrogen) atoms. The number of fused-ring (bicyclic) bond motifs is 1. The number of rotatable bonds is 5. The van der Waals surface area contributed by atoms with Crippen molar-refractivity contribution in [3.63, 3.8) is 0 Å². The molecule has 3 aromatic heterocycles. The van der Waals surface area contributed by atoms with Gasteiger partial charge in [0.05, 0.1) is 11.2 Å². The average Bonchev–Trinajstić information content (AvgIpc) is 3.36. The van der Waals surface area contributed by atoms with Crippen molar-refractivity contribution in [3.8, 4) is 22.8 Å². The van der Waals surface area contributed by atoms with Crippen LogP contribution in [0.4, 0.5) is 19.0 Å². The third kappa shape index (κ3) is 5.87. The molecule has 4 rings (SSSR count). The third-order valence-electron chi connectivity index (χ3n) is 4.87. The zero-order valence-electron chi connectivity index (χ0n) is 18.5. The average molecular weight is 512 g/mol. The van der Waals surface area contributed by atoms with Gasteiger partial charge in [-0.25, -0.2) is 14.4 Å². The number of nitrogen functional groups attached to an aromatic ring is 1. The molecule has 4 aromatic rings. The van der Waals surface area contributed by atoms with E-state index < -0.39 is 12.1 Å². The summed E-state index contributed by atoms with van der Waals surface area (Å²) in [5, 5.41) is 15.4. The molecule has 10 nitrogen and oxygen atoms in total. The number of nitrogens with two attached hydrogens (primary N) is 2. The largest absolute Gasteiger partial charge is 0.490 e. The van der Waals surface area contributed by atoms with Crippen LogP contribution in [0.3, 0.4) is 0 Å². The topological polar surface area (TPSA) is 159 Å². The number of nitrogens with zero attached hydrogens (tertiary/aromatic N) is 5. The number of anilines is 1. The first-order valence-corrected chi connectivity index (χ1v) is 10.4. The summed E-state index contributed by atoms with van der Waals surface area (Å²) in [5.41, 5.74) is 15.3. The summed E-state index contributed by atoms with van der Waals surface area (Å²) in [6.07, 6.45) is -3.33. The third-order valence-corrected chi connectivity index (χ3v) is 5.11. The molecular formula is C21H21ClF3N7O3. The predicted molar refractivity (Wildman–Crippen MR) is 122 cm³/mol. The van der Waals surface area contributed by atoms with E-state index in [1.54, 1.807) is 6.20 Å². The Labute approximate surface area is 201 Å². The van der Waals surface area contributed by atoms with Crippen LogP contribution < -0.4 is 11.5 Å². The molecule has 0 unspecified atom stereocenters. The molecule has 0 saturated carbocycles. The van der Waals surface area contributed by atoms with E-state index in [0.29, 0.717) is 29.6 Å². The Kier molecular flexibility index (Phi) is 7.31. The van der Waals surface area contributed by atoms with Crippen molar-refractivity contribution < 1.29 is 27.7 Å². The first kappa shape index (κ1) is 25.9. The SMILES string of the molecule is CC(C)(CN)Cn1c(-c2nonc2N)nc2c(-c3cccc(Cl)c3)nccc21.O=C(O)C(F)(F)F. The molecule has 0 bridgehead atoms. The van der Waals surface area contributed by atoms with Crippen molar-refractivity contribution in [2.45, 2.75) is 26.6 Å². The molecular weight excluding hydrogens is 491 g/mol. The Morgan fingerprint density at radius 2 is 1.89 bits per heavy atom. The van der Waals surface area contributed by atoms with E-state index in [-0.39, 0.29) is 11.2 Å². The minimum Gasteiger partial charge on any atom is -0.475 e. The number of hydrogen-bond acceptors (Lipinski definition) is 8. The Bertz CT molecular complexity index is 1350. The number of aliphatic carboxylic acids is 1. The van der Waals surface area contributed by atoms with Gasteiger partial charge in [0.25, 0.3) is 0 Å². The summed E-state index contributed by atoms with van der Waals surface area (Å²) in [7, 11) is 0. The number of carbonyl (C=O) groups is 1. The second-order valence-corrected chi connectivity index (χ2v) is 8.66. The number of benzene rings is 1. The molecule has 0 aliphatic carbocycles. The minimum atomic E-state index is -5.08. The highest BCUT2D eigenvalue weighted by Gasteiger charge is 2.38. The number of carboxylic acids is 1. The number of halogens is 4. The Hall–Kier alpha value is -3.71. The van der Waals surface area contributed by atoms with E-state index in [0.717, 1.165) is 22.3 Å². The highest BCUT2D eigenvalue weighted by atomic mass is 35.5. The monoisotopic (exact) mass is 511 g/mol. The Morgan fingerprint density at radius 1 is 1.20 bits per heavy atom. The fourth-order valence-electron chi connectivity index (χ4n) is 3.08. The molecule has 0 saturated heterocycles. The molecule has 3 heterocycles. The van der Waals surface area contributed by atoms with Crippen molar-refractivity contribution in [1.82, 2.24) is 24.8 Å². The number of pyridine rings is 1. The van der Waals surface area contributed by atoms with Crippen LogP contribution in [0.15, 0.2) is 41.2 Å². The molecule has 0 atom stereocenters. The lowest BCUT2D eigenvalue weighted by molar-refractivity contribution is -0.192. The molecule has 0 amide bonds. The van der Waals surface area contributed by atoms with Crippen LogP contribution in [0.2, 0.25) is 5.02 Å². The fraction of sp³-hybridized carbons (Fsp3) is 0.286. The highest BCUT2D eigenvalue weighted by Crippen LogP contribution is 2.34. The maximum absolute atomic E-state index is 10.6. The predicted octanol–water partition coefficient (Wildman–Crippen LogP) is 4.00. The highest BCUT2D eigenvalue weighted by molar-refractivity contribution is 6.30. The lowest BCUT2D eigenvalue weighted by Crippen LogP contribution is -2.29. The number of hydrogen-bond donors (Lipinski definition) is 3. The standard InChI is InChI=1S/C19H20ClN7O.C2HF3O2/c1-19(2,9-21)10-27-13-6-7-23-14(11-4-3-5-12(20)8-11)15(13)24-18(27)16-17(22)26-28-25-16;3-2(4,5)1(6)7/h3-8H,9-10,21H2,1-2H3,(H2,22,26);(H,6,7). The minimum absolute atomic E-state index is 0.173. The molecule has 186 valence electrons. The molecule has 0 fully saturated rings. The van der Waals surface area contributed by atoms with Gasteiger partial charge in [-0.05, 0) is 40.5 Å². The number of imidazole rings is 1. The van der Waals surface area contributed by atoms with Crippen LogP contribution in [0.25, 0.3) is 33.8 Å². The van der Waals surface area contributed by atoms with Gasteiger partial charge in [0.2, 0.25) is 0 Å². The zero-order chi connectivity index (χ0) is 26.0. The van der Waals surface area contributed by atoms with Crippen LogP contribution in [0, 0.1) is 5.41 Å². The van der Waals surface area contributed by atoms with E-state index in [9.17, 15) is 13.2 Å². The van der Waals surface area contributed by atoms with Crippen molar-refractivity contribution in [3.05, 3.63) is 41.6 Å². The Balaban J connectivity index is 0.000000429. The van der Waals surface area contributed by atoms with Gasteiger partial charge in [-0.3, -0.25) is 4.98 Å². The second-order valence-electron chi connectivity index (χ2n) is 8.23. The van der Waals surface area contributed by atoms with Gasteiger partial charge in [-0.15, -0.1) is 0 Å². The van der Waals surface area contributed by atoms with Crippen LogP contribution in [0.5, 0.6) is 0 Å². The molecule has 0 spiro atoms. The van der Waals surface area contributed by atoms with Crippen LogP contribution in [0.1, 0.15) is 13.8 Å². The van der Waals surface area contributed by atoms with E-state index in [4.69, 9.17) is 42.6 Å². The Morgan fingerprint density at radius 3 is 2.43 bits per heavy atom. The molecule has 14 heteroatoms. The van der Waals surface area contributed by atoms with E-state index in [1.807, 2.05) is 34.9 Å².